The van der Waals surface area contributed by atoms with Gasteiger partial charge in [0.15, 0.2) is 17.3 Å². The number of nitrogens with zero attached hydrogens (tertiary/aromatic N) is 1. The number of methoxy groups -OCH3 is 3. The first-order valence-electron chi connectivity index (χ1n) is 13.3. The quantitative estimate of drug-likeness (QED) is 0.329. The smallest absolute Gasteiger partial charge is 0.336 e. The van der Waals surface area contributed by atoms with Crippen LogP contribution in [0.4, 0.5) is 0 Å². The van der Waals surface area contributed by atoms with Crippen LogP contribution in [0.5, 0.6) is 17.2 Å². The minimum Gasteiger partial charge on any atom is -0.497 e. The zero-order valence-corrected chi connectivity index (χ0v) is 23.7. The third-order valence-electron chi connectivity index (χ3n) is 7.50. The highest BCUT2D eigenvalue weighted by molar-refractivity contribution is 6.17. The van der Waals surface area contributed by atoms with E-state index < -0.39 is 35.6 Å². The molecule has 0 saturated heterocycles. The predicted molar refractivity (Wildman–Crippen MR) is 148 cm³/mol. The van der Waals surface area contributed by atoms with E-state index in [-0.39, 0.29) is 24.6 Å². The number of hydrogen-bond acceptors (Lipinski definition) is 9. The first kappa shape index (κ1) is 28.9. The molecule has 9 nitrogen and oxygen atoms in total. The number of ether oxygens (including phenoxy) is 5. The molecule has 1 unspecified atom stereocenters. The van der Waals surface area contributed by atoms with Gasteiger partial charge in [-0.15, -0.1) is 0 Å². The lowest BCUT2D eigenvalue weighted by Gasteiger charge is -2.41. The van der Waals surface area contributed by atoms with E-state index in [4.69, 9.17) is 28.7 Å². The van der Waals surface area contributed by atoms with Gasteiger partial charge in [-0.1, -0.05) is 18.2 Å². The SMILES string of the molecule is CCOC(=O)C1=C(C)N=C2C[C@H](c3ccc(OC)cc3)[C@H](C(=O)OCC)C(=O)C2[C@@H]1c1ccc(OC)c(OC)c1. The summed E-state index contributed by atoms with van der Waals surface area (Å²) in [5.41, 5.74) is 2.81. The van der Waals surface area contributed by atoms with Gasteiger partial charge in [0.2, 0.25) is 0 Å². The summed E-state index contributed by atoms with van der Waals surface area (Å²) < 4.78 is 27.0. The van der Waals surface area contributed by atoms with Gasteiger partial charge < -0.3 is 23.7 Å². The molecular formula is C31H35NO8. The summed E-state index contributed by atoms with van der Waals surface area (Å²) in [4.78, 5) is 45.9. The molecule has 0 aromatic heterocycles. The Balaban J connectivity index is 1.90. The number of fused-ring (bicyclic) bond motifs is 1. The zero-order valence-electron chi connectivity index (χ0n) is 23.7. The van der Waals surface area contributed by atoms with E-state index >= 15 is 0 Å². The average molecular weight is 550 g/mol. The van der Waals surface area contributed by atoms with Crippen molar-refractivity contribution in [3.8, 4) is 17.2 Å². The summed E-state index contributed by atoms with van der Waals surface area (Å²) in [6.45, 7) is 5.47. The van der Waals surface area contributed by atoms with Crippen molar-refractivity contribution in [1.29, 1.82) is 0 Å². The van der Waals surface area contributed by atoms with E-state index in [9.17, 15) is 14.4 Å². The van der Waals surface area contributed by atoms with Crippen LogP contribution in [-0.2, 0) is 23.9 Å². The van der Waals surface area contributed by atoms with E-state index in [1.165, 1.54) is 14.2 Å². The normalized spacial score (nSPS) is 22.1. The molecule has 2 aromatic rings. The molecule has 40 heavy (non-hydrogen) atoms. The largest absolute Gasteiger partial charge is 0.497 e. The van der Waals surface area contributed by atoms with E-state index in [0.29, 0.717) is 40.6 Å². The third kappa shape index (κ3) is 5.33. The highest BCUT2D eigenvalue weighted by Crippen LogP contribution is 2.49. The molecule has 2 aromatic carbocycles. The maximum absolute atomic E-state index is 14.4. The van der Waals surface area contributed by atoms with Crippen molar-refractivity contribution < 1.29 is 38.1 Å². The second kappa shape index (κ2) is 12.4. The number of ketones is 1. The molecule has 0 N–H and O–H groups in total. The molecule has 0 amide bonds. The standard InChI is InChI=1S/C31H35NO8/c1-7-39-30(34)25-17(3)32-22-16-21(18-9-12-20(36-4)13-10-18)27(31(35)40-8-2)29(33)28(22)26(25)19-11-14-23(37-5)24(15-19)38-6/h9-15,21,26-28H,7-8,16H2,1-6H3/t21-,26-,27+,28?/m1/s1. The number of esters is 2. The Kier molecular flexibility index (Phi) is 8.92. The van der Waals surface area contributed by atoms with E-state index in [2.05, 4.69) is 0 Å². The first-order chi connectivity index (χ1) is 19.3. The fourth-order valence-electron chi connectivity index (χ4n) is 5.73. The van der Waals surface area contributed by atoms with Crippen molar-refractivity contribution >= 4 is 23.4 Å². The van der Waals surface area contributed by atoms with Crippen LogP contribution in [0.25, 0.3) is 0 Å². The molecule has 2 aliphatic rings. The Morgan fingerprint density at radius 2 is 1.50 bits per heavy atom. The van der Waals surface area contributed by atoms with Gasteiger partial charge >= 0.3 is 11.9 Å². The Labute approximate surface area is 234 Å². The topological polar surface area (TPSA) is 110 Å². The fourth-order valence-corrected chi connectivity index (χ4v) is 5.73. The summed E-state index contributed by atoms with van der Waals surface area (Å²) in [6.07, 6.45) is 0.337. The number of rotatable bonds is 9. The van der Waals surface area contributed by atoms with Crippen molar-refractivity contribution in [3.63, 3.8) is 0 Å². The monoisotopic (exact) mass is 549 g/mol. The number of allylic oxidation sites excluding steroid dienone is 1. The van der Waals surface area contributed by atoms with Crippen LogP contribution in [0.1, 0.15) is 50.2 Å². The highest BCUT2D eigenvalue weighted by atomic mass is 16.5. The van der Waals surface area contributed by atoms with Gasteiger partial charge in [-0.05, 0) is 62.6 Å². The molecule has 0 spiro atoms. The van der Waals surface area contributed by atoms with Crippen LogP contribution in [0.2, 0.25) is 0 Å². The molecule has 1 heterocycles. The van der Waals surface area contributed by atoms with Crippen molar-refractivity contribution in [3.05, 3.63) is 64.9 Å². The minimum atomic E-state index is -1.08. The Hall–Kier alpha value is -4.14. The van der Waals surface area contributed by atoms with Crippen molar-refractivity contribution in [2.45, 2.75) is 39.0 Å². The number of hydrogen-bond donors (Lipinski definition) is 0. The maximum Gasteiger partial charge on any atom is 0.336 e. The summed E-state index contributed by atoms with van der Waals surface area (Å²) in [5.74, 6) is -3.06. The first-order valence-corrected chi connectivity index (χ1v) is 13.3. The van der Waals surface area contributed by atoms with Crippen LogP contribution in [0, 0.1) is 11.8 Å². The summed E-state index contributed by atoms with van der Waals surface area (Å²) in [5, 5.41) is 0. The molecule has 1 fully saturated rings. The number of aliphatic imine (C=N–C) groups is 1. The molecule has 212 valence electrons. The molecule has 0 radical (unpaired) electrons. The summed E-state index contributed by atoms with van der Waals surface area (Å²) in [7, 11) is 4.63. The van der Waals surface area contributed by atoms with Gasteiger partial charge in [0.05, 0.1) is 46.0 Å². The fraction of sp³-hybridized carbons (Fsp3) is 0.419. The summed E-state index contributed by atoms with van der Waals surface area (Å²) >= 11 is 0. The molecule has 1 aliphatic heterocycles. The van der Waals surface area contributed by atoms with Crippen LogP contribution < -0.4 is 14.2 Å². The number of carbonyl (C=O) groups excluding carboxylic acids is 3. The van der Waals surface area contributed by atoms with Crippen molar-refractivity contribution in [1.82, 2.24) is 0 Å². The van der Waals surface area contributed by atoms with Crippen molar-refractivity contribution in [2.24, 2.45) is 16.8 Å². The van der Waals surface area contributed by atoms with E-state index in [0.717, 1.165) is 5.56 Å². The van der Waals surface area contributed by atoms with Crippen LogP contribution in [-0.4, -0.2) is 58.0 Å². The van der Waals surface area contributed by atoms with Crippen LogP contribution in [0.3, 0.4) is 0 Å². The molecule has 1 aliphatic carbocycles. The molecule has 4 atom stereocenters. The van der Waals surface area contributed by atoms with Gasteiger partial charge in [0, 0.05) is 23.2 Å². The highest BCUT2D eigenvalue weighted by Gasteiger charge is 2.53. The lowest BCUT2D eigenvalue weighted by atomic mass is 9.62. The second-order valence-corrected chi connectivity index (χ2v) is 9.61. The second-order valence-electron chi connectivity index (χ2n) is 9.61. The molecule has 9 heteroatoms. The van der Waals surface area contributed by atoms with Crippen LogP contribution >= 0.6 is 0 Å². The zero-order chi connectivity index (χ0) is 29.0. The minimum absolute atomic E-state index is 0.135. The predicted octanol–water partition coefficient (Wildman–Crippen LogP) is 4.64. The average Bonchev–Trinajstić information content (AvgIpc) is 2.96. The lowest BCUT2D eigenvalue weighted by molar-refractivity contribution is -0.153. The van der Waals surface area contributed by atoms with E-state index in [1.54, 1.807) is 58.2 Å². The number of Topliss-reactive ketones (excluding diaryl/α,β-unsaturated/α-hetero) is 1. The number of carbonyl (C=O) groups is 3. The van der Waals surface area contributed by atoms with Gasteiger partial charge in [-0.25, -0.2) is 4.79 Å². The molecule has 4 rings (SSSR count). The Bertz CT molecular complexity index is 1340. The lowest BCUT2D eigenvalue weighted by Crippen LogP contribution is -2.48. The van der Waals surface area contributed by atoms with Gasteiger partial charge in [-0.3, -0.25) is 14.6 Å². The van der Waals surface area contributed by atoms with Gasteiger partial charge in [-0.2, -0.15) is 0 Å². The van der Waals surface area contributed by atoms with Gasteiger partial charge in [0.1, 0.15) is 11.7 Å². The van der Waals surface area contributed by atoms with Gasteiger partial charge in [0.25, 0.3) is 0 Å². The Morgan fingerprint density at radius 1 is 0.850 bits per heavy atom. The molecular weight excluding hydrogens is 514 g/mol. The van der Waals surface area contributed by atoms with Crippen molar-refractivity contribution in [2.75, 3.05) is 34.5 Å². The maximum atomic E-state index is 14.4. The van der Waals surface area contributed by atoms with Crippen LogP contribution in [0.15, 0.2) is 58.7 Å². The molecule has 1 saturated carbocycles. The van der Waals surface area contributed by atoms with E-state index in [1.807, 2.05) is 12.1 Å². The number of benzene rings is 2. The molecule has 0 bridgehead atoms. The third-order valence-corrected chi connectivity index (χ3v) is 7.50. The Morgan fingerprint density at radius 3 is 2.10 bits per heavy atom. The summed E-state index contributed by atoms with van der Waals surface area (Å²) in [6, 6.07) is 12.6.